The second kappa shape index (κ2) is 3.60. The first-order chi connectivity index (χ1) is 2.27. The highest BCUT2D eigenvalue weighted by atomic mass is 127. The van der Waals surface area contributed by atoms with Crippen LogP contribution < -0.4 is 0 Å². The molecule has 1 unspecified atom stereocenters. The van der Waals surface area contributed by atoms with E-state index in [1.165, 1.54) is 0 Å². The van der Waals surface area contributed by atoms with Crippen molar-refractivity contribution >= 4 is 45.2 Å². The summed E-state index contributed by atoms with van der Waals surface area (Å²) in [5, 5.41) is 8.34. The van der Waals surface area contributed by atoms with Crippen LogP contribution in [0.25, 0.3) is 0 Å². The fraction of sp³-hybridized carbons (Fsp3) is 1.00. The van der Waals surface area contributed by atoms with Crippen LogP contribution in [-0.2, 0) is 0 Å². The van der Waals surface area contributed by atoms with Crippen molar-refractivity contribution in [2.24, 2.45) is 0 Å². The van der Waals surface area contributed by atoms with Gasteiger partial charge in [0.15, 0.2) is 0 Å². The summed E-state index contributed by atoms with van der Waals surface area (Å²) in [6, 6.07) is 0. The van der Waals surface area contributed by atoms with Gasteiger partial charge in [0.2, 0.25) is 0 Å². The maximum absolute atomic E-state index is 8.34. The van der Waals surface area contributed by atoms with Crippen molar-refractivity contribution < 1.29 is 5.11 Å². The Hall–Kier alpha value is 1.42. The van der Waals surface area contributed by atoms with E-state index in [4.69, 9.17) is 5.11 Å². The molecule has 1 N–H and O–H groups in total. The minimum absolute atomic E-state index is 0.159. The first-order valence-electron chi connectivity index (χ1n) is 1.15. The lowest BCUT2D eigenvalue weighted by Gasteiger charge is -1.86. The van der Waals surface area contributed by atoms with Crippen LogP contribution >= 0.6 is 45.2 Å². The molecular weight excluding hydrogens is 294 g/mol. The lowest BCUT2D eigenvalue weighted by atomic mass is 10.9. The number of hydrogen-bond acceptors (Lipinski definition) is 1. The van der Waals surface area contributed by atoms with Crippen molar-refractivity contribution in [1.29, 1.82) is 0 Å². The molecule has 0 aromatic carbocycles. The first kappa shape index (κ1) is 6.42. The average Bonchev–Trinajstić information content (AvgIpc) is 1.38. The number of rotatable bonds is 1. The molecule has 5 heavy (non-hydrogen) atoms. The third kappa shape index (κ3) is 5.42. The summed E-state index contributed by atoms with van der Waals surface area (Å²) in [5.41, 5.74) is 0. The van der Waals surface area contributed by atoms with Gasteiger partial charge in [0.25, 0.3) is 0 Å². The molecule has 1 atom stereocenters. The molecule has 0 bridgehead atoms. The Kier molecular flexibility index (Phi) is 4.63. The summed E-state index contributed by atoms with van der Waals surface area (Å²) in [7, 11) is 0. The van der Waals surface area contributed by atoms with E-state index >= 15 is 0 Å². The van der Waals surface area contributed by atoms with Crippen LogP contribution in [-0.4, -0.2) is 13.6 Å². The van der Waals surface area contributed by atoms with Crippen molar-refractivity contribution in [2.75, 3.05) is 4.43 Å². The molecule has 0 saturated heterocycles. The molecule has 0 spiro atoms. The minimum Gasteiger partial charge on any atom is -0.382 e. The molecular formula is C2H4I2O. The molecule has 0 aliphatic heterocycles. The van der Waals surface area contributed by atoms with Crippen LogP contribution in [0.3, 0.4) is 0 Å². The van der Waals surface area contributed by atoms with E-state index in [2.05, 4.69) is 22.6 Å². The van der Waals surface area contributed by atoms with Crippen LogP contribution in [0, 0.1) is 0 Å². The molecule has 3 heteroatoms. The van der Waals surface area contributed by atoms with Gasteiger partial charge in [-0.2, -0.15) is 0 Å². The summed E-state index contributed by atoms with van der Waals surface area (Å²) in [5.74, 6) is 0. The molecule has 0 radical (unpaired) electrons. The van der Waals surface area contributed by atoms with E-state index in [1.807, 2.05) is 22.6 Å². The van der Waals surface area contributed by atoms with Crippen LogP contribution in [0.5, 0.6) is 0 Å². The number of alkyl halides is 2. The van der Waals surface area contributed by atoms with E-state index in [9.17, 15) is 0 Å². The minimum atomic E-state index is -0.159. The number of aliphatic hydroxyl groups is 1. The van der Waals surface area contributed by atoms with E-state index in [-0.39, 0.29) is 4.11 Å². The third-order valence-electron chi connectivity index (χ3n) is 0.127. The quantitative estimate of drug-likeness (QED) is 0.569. The molecule has 32 valence electrons. The summed E-state index contributed by atoms with van der Waals surface area (Å²) in [6.45, 7) is 0. The van der Waals surface area contributed by atoms with Gasteiger partial charge in [0.05, 0.1) is 0 Å². The van der Waals surface area contributed by atoms with Crippen LogP contribution in [0.1, 0.15) is 0 Å². The normalized spacial score (nSPS) is 15.0. The van der Waals surface area contributed by atoms with Gasteiger partial charge in [-0.15, -0.1) is 0 Å². The van der Waals surface area contributed by atoms with Gasteiger partial charge >= 0.3 is 0 Å². The summed E-state index contributed by atoms with van der Waals surface area (Å²) < 4.78 is 0.659. The molecule has 0 saturated carbocycles. The van der Waals surface area contributed by atoms with Crippen molar-refractivity contribution in [3.63, 3.8) is 0 Å². The van der Waals surface area contributed by atoms with Gasteiger partial charge in [-0.05, 0) is 0 Å². The Morgan fingerprint density at radius 1 is 1.80 bits per heavy atom. The highest BCUT2D eigenvalue weighted by Gasteiger charge is 1.86. The highest BCUT2D eigenvalue weighted by molar-refractivity contribution is 14.1. The smallest absolute Gasteiger partial charge is 0.114 e. The van der Waals surface area contributed by atoms with Gasteiger partial charge in [-0.1, -0.05) is 45.2 Å². The zero-order valence-electron chi connectivity index (χ0n) is 2.49. The van der Waals surface area contributed by atoms with Crippen molar-refractivity contribution in [3.8, 4) is 0 Å². The largest absolute Gasteiger partial charge is 0.382 e. The predicted molar refractivity (Wildman–Crippen MR) is 38.9 cm³/mol. The highest BCUT2D eigenvalue weighted by Crippen LogP contribution is 1.97. The van der Waals surface area contributed by atoms with Gasteiger partial charge < -0.3 is 5.11 Å². The van der Waals surface area contributed by atoms with Gasteiger partial charge in [0.1, 0.15) is 4.11 Å². The monoisotopic (exact) mass is 298 g/mol. The molecule has 1 nitrogen and oxygen atoms in total. The Labute approximate surface area is 58.4 Å². The maximum atomic E-state index is 8.34. The Bertz CT molecular complexity index is 21.6. The van der Waals surface area contributed by atoms with Crippen LogP contribution in [0.15, 0.2) is 0 Å². The molecule has 0 aromatic rings. The maximum Gasteiger partial charge on any atom is 0.114 e. The van der Waals surface area contributed by atoms with Crippen molar-refractivity contribution in [1.82, 2.24) is 0 Å². The second-order valence-electron chi connectivity index (χ2n) is 0.589. The van der Waals surface area contributed by atoms with E-state index in [1.54, 1.807) is 0 Å². The Balaban J connectivity index is 2.54. The van der Waals surface area contributed by atoms with Crippen LogP contribution in [0.4, 0.5) is 0 Å². The third-order valence-corrected chi connectivity index (χ3v) is 3.09. The van der Waals surface area contributed by atoms with Crippen molar-refractivity contribution in [3.05, 3.63) is 0 Å². The zero-order valence-corrected chi connectivity index (χ0v) is 6.80. The van der Waals surface area contributed by atoms with Gasteiger partial charge in [-0.3, -0.25) is 0 Å². The van der Waals surface area contributed by atoms with Gasteiger partial charge in [0, 0.05) is 4.43 Å². The molecule has 0 rings (SSSR count). The average molecular weight is 298 g/mol. The number of aliphatic hydroxyl groups excluding tert-OH is 1. The van der Waals surface area contributed by atoms with Crippen LogP contribution in [0.2, 0.25) is 0 Å². The number of halogens is 2. The Morgan fingerprint density at radius 3 is 2.00 bits per heavy atom. The van der Waals surface area contributed by atoms with E-state index in [0.717, 1.165) is 4.43 Å². The topological polar surface area (TPSA) is 20.2 Å². The lowest BCUT2D eigenvalue weighted by molar-refractivity contribution is 0.306. The predicted octanol–water partition coefficient (Wildman–Crippen LogP) is 1.17. The Morgan fingerprint density at radius 2 is 2.00 bits per heavy atom. The van der Waals surface area contributed by atoms with Gasteiger partial charge in [-0.25, -0.2) is 0 Å². The first-order valence-corrected chi connectivity index (χ1v) is 3.92. The lowest BCUT2D eigenvalue weighted by Crippen LogP contribution is -1.91. The summed E-state index contributed by atoms with van der Waals surface area (Å²) in [6.07, 6.45) is 0. The molecule has 0 aromatic heterocycles. The second-order valence-corrected chi connectivity index (χ2v) is 2.91. The summed E-state index contributed by atoms with van der Waals surface area (Å²) in [4.78, 5) is 0. The standard InChI is InChI=1S/C2H4I2O/c3-1-2(4)5/h2,5H,1H2. The molecule has 0 amide bonds. The fourth-order valence-corrected chi connectivity index (χ4v) is 0. The summed E-state index contributed by atoms with van der Waals surface area (Å²) >= 11 is 4.07. The zero-order chi connectivity index (χ0) is 4.28. The molecule has 0 aliphatic carbocycles. The molecule has 0 heterocycles. The fourth-order valence-electron chi connectivity index (χ4n) is 0. The SMILES string of the molecule is OC(I)CI. The van der Waals surface area contributed by atoms with E-state index < -0.39 is 0 Å². The van der Waals surface area contributed by atoms with E-state index in [0.29, 0.717) is 0 Å². The molecule has 0 aliphatic rings. The van der Waals surface area contributed by atoms with Crippen molar-refractivity contribution in [2.45, 2.75) is 4.11 Å². The molecule has 0 fully saturated rings. The number of hydrogen-bond donors (Lipinski definition) is 1.